The summed E-state index contributed by atoms with van der Waals surface area (Å²) in [6.45, 7) is 4.23. The lowest BCUT2D eigenvalue weighted by atomic mass is 10.4. The molecule has 0 aliphatic heterocycles. The molecule has 0 saturated heterocycles. The van der Waals surface area contributed by atoms with E-state index in [2.05, 4.69) is 34.6 Å². The minimum atomic E-state index is 0.202. The summed E-state index contributed by atoms with van der Waals surface area (Å²) in [4.78, 5) is 7.99. The van der Waals surface area contributed by atoms with Crippen LogP contribution in [0.15, 0.2) is 6.07 Å². The summed E-state index contributed by atoms with van der Waals surface area (Å²) in [6, 6.07) is 2.05. The summed E-state index contributed by atoms with van der Waals surface area (Å²) < 4.78 is 0. The summed E-state index contributed by atoms with van der Waals surface area (Å²) in [5.74, 6) is 8.79. The standard InChI is InChI=1S/C9H18N6S/c1-3-16-5-6(2)12-7-4-8(15-11)14-9(10)13-7/h4,6H,3,5,11H2,1-2H3,(H4,10,12,13,14,15). The summed E-state index contributed by atoms with van der Waals surface area (Å²) in [5.41, 5.74) is 8.00. The number of hydrogen-bond acceptors (Lipinski definition) is 7. The van der Waals surface area contributed by atoms with Gasteiger partial charge in [0.15, 0.2) is 0 Å². The molecule has 0 radical (unpaired) electrons. The highest BCUT2D eigenvalue weighted by molar-refractivity contribution is 7.99. The zero-order valence-corrected chi connectivity index (χ0v) is 10.3. The van der Waals surface area contributed by atoms with Gasteiger partial charge in [-0.05, 0) is 12.7 Å². The Balaban J connectivity index is 2.61. The van der Waals surface area contributed by atoms with Crippen LogP contribution in [-0.4, -0.2) is 27.5 Å². The van der Waals surface area contributed by atoms with Gasteiger partial charge in [-0.2, -0.15) is 21.7 Å². The highest BCUT2D eigenvalue weighted by atomic mass is 32.2. The van der Waals surface area contributed by atoms with Crippen molar-refractivity contribution in [3.05, 3.63) is 6.07 Å². The Kier molecular flexibility index (Phi) is 5.13. The lowest BCUT2D eigenvalue weighted by molar-refractivity contribution is 0.900. The van der Waals surface area contributed by atoms with E-state index in [1.54, 1.807) is 6.07 Å². The van der Waals surface area contributed by atoms with Gasteiger partial charge in [0.05, 0.1) is 0 Å². The Morgan fingerprint density at radius 3 is 2.75 bits per heavy atom. The Morgan fingerprint density at radius 1 is 1.44 bits per heavy atom. The largest absolute Gasteiger partial charge is 0.368 e. The topological polar surface area (TPSA) is 102 Å². The number of hydrogen-bond donors (Lipinski definition) is 4. The molecule has 0 saturated carbocycles. The zero-order chi connectivity index (χ0) is 12.0. The Hall–Kier alpha value is -1.21. The van der Waals surface area contributed by atoms with E-state index in [1.807, 2.05) is 11.8 Å². The summed E-state index contributed by atoms with van der Waals surface area (Å²) >= 11 is 1.87. The minimum absolute atomic E-state index is 0.202. The van der Waals surface area contributed by atoms with Gasteiger partial charge < -0.3 is 16.5 Å². The van der Waals surface area contributed by atoms with Crippen LogP contribution in [0.4, 0.5) is 17.6 Å². The van der Waals surface area contributed by atoms with E-state index in [0.29, 0.717) is 17.7 Å². The third kappa shape index (κ3) is 4.11. The number of nitrogens with one attached hydrogen (secondary N) is 2. The molecular formula is C9H18N6S. The molecule has 7 heteroatoms. The monoisotopic (exact) mass is 242 g/mol. The first-order chi connectivity index (χ1) is 7.65. The van der Waals surface area contributed by atoms with Crippen molar-refractivity contribution >= 4 is 29.3 Å². The number of nitrogens with zero attached hydrogens (tertiary/aromatic N) is 2. The summed E-state index contributed by atoms with van der Waals surface area (Å²) in [7, 11) is 0. The van der Waals surface area contributed by atoms with Crippen molar-refractivity contribution in [1.29, 1.82) is 0 Å². The van der Waals surface area contributed by atoms with Crippen molar-refractivity contribution in [3.63, 3.8) is 0 Å². The molecule has 0 fully saturated rings. The molecule has 6 N–H and O–H groups in total. The lowest BCUT2D eigenvalue weighted by Gasteiger charge is -2.14. The fourth-order valence-electron chi connectivity index (χ4n) is 1.20. The predicted octanol–water partition coefficient (Wildman–Crippen LogP) is 0.898. The van der Waals surface area contributed by atoms with Crippen LogP contribution in [0.3, 0.4) is 0 Å². The molecule has 1 aromatic rings. The van der Waals surface area contributed by atoms with E-state index in [9.17, 15) is 0 Å². The Morgan fingerprint density at radius 2 is 2.12 bits per heavy atom. The van der Waals surface area contributed by atoms with Crippen LogP contribution < -0.4 is 22.3 Å². The fourth-order valence-corrected chi connectivity index (χ4v) is 1.88. The lowest BCUT2D eigenvalue weighted by Crippen LogP contribution is -2.20. The van der Waals surface area contributed by atoms with Gasteiger partial charge in [-0.15, -0.1) is 0 Å². The van der Waals surface area contributed by atoms with Gasteiger partial charge in [0, 0.05) is 17.9 Å². The SMILES string of the molecule is CCSCC(C)Nc1cc(NN)nc(N)n1. The first-order valence-electron chi connectivity index (χ1n) is 5.11. The number of hydrazine groups is 1. The van der Waals surface area contributed by atoms with Crippen molar-refractivity contribution in [2.75, 3.05) is 28.0 Å². The third-order valence-electron chi connectivity index (χ3n) is 1.86. The number of nitrogens with two attached hydrogens (primary N) is 2. The maximum absolute atomic E-state index is 5.55. The van der Waals surface area contributed by atoms with Gasteiger partial charge in [0.1, 0.15) is 11.6 Å². The highest BCUT2D eigenvalue weighted by Crippen LogP contribution is 2.13. The maximum atomic E-state index is 5.55. The van der Waals surface area contributed by atoms with Crippen molar-refractivity contribution in [3.8, 4) is 0 Å². The van der Waals surface area contributed by atoms with Crippen molar-refractivity contribution < 1.29 is 0 Å². The molecule has 0 aliphatic carbocycles. The van der Waals surface area contributed by atoms with E-state index in [0.717, 1.165) is 11.5 Å². The van der Waals surface area contributed by atoms with Crippen LogP contribution in [0.5, 0.6) is 0 Å². The molecule has 1 rings (SSSR count). The van der Waals surface area contributed by atoms with Gasteiger partial charge >= 0.3 is 0 Å². The van der Waals surface area contributed by atoms with Gasteiger partial charge in [0.25, 0.3) is 0 Å². The van der Waals surface area contributed by atoms with Crippen LogP contribution in [0.25, 0.3) is 0 Å². The van der Waals surface area contributed by atoms with E-state index in [-0.39, 0.29) is 5.95 Å². The van der Waals surface area contributed by atoms with E-state index in [4.69, 9.17) is 11.6 Å². The van der Waals surface area contributed by atoms with Gasteiger partial charge in [0.2, 0.25) is 5.95 Å². The third-order valence-corrected chi connectivity index (χ3v) is 3.00. The van der Waals surface area contributed by atoms with Crippen molar-refractivity contribution in [1.82, 2.24) is 9.97 Å². The zero-order valence-electron chi connectivity index (χ0n) is 9.53. The van der Waals surface area contributed by atoms with Crippen LogP contribution in [0.1, 0.15) is 13.8 Å². The van der Waals surface area contributed by atoms with Crippen LogP contribution in [0.2, 0.25) is 0 Å². The fraction of sp³-hybridized carbons (Fsp3) is 0.556. The maximum Gasteiger partial charge on any atom is 0.223 e. The number of anilines is 3. The highest BCUT2D eigenvalue weighted by Gasteiger charge is 2.05. The van der Waals surface area contributed by atoms with E-state index < -0.39 is 0 Å². The predicted molar refractivity (Wildman–Crippen MR) is 70.3 cm³/mol. The molecule has 1 atom stereocenters. The second kappa shape index (κ2) is 6.39. The second-order valence-corrected chi connectivity index (χ2v) is 4.66. The smallest absolute Gasteiger partial charge is 0.223 e. The molecule has 0 bridgehead atoms. The van der Waals surface area contributed by atoms with Crippen LogP contribution in [0, 0.1) is 0 Å². The molecule has 6 nitrogen and oxygen atoms in total. The molecule has 0 aliphatic rings. The minimum Gasteiger partial charge on any atom is -0.368 e. The molecule has 0 amide bonds. The molecule has 1 unspecified atom stereocenters. The molecule has 16 heavy (non-hydrogen) atoms. The number of thioether (sulfide) groups is 1. The summed E-state index contributed by atoms with van der Waals surface area (Å²) in [6.07, 6.45) is 0. The molecule has 0 aromatic carbocycles. The second-order valence-electron chi connectivity index (χ2n) is 3.35. The molecular weight excluding hydrogens is 224 g/mol. The van der Waals surface area contributed by atoms with Crippen molar-refractivity contribution in [2.45, 2.75) is 19.9 Å². The normalized spacial score (nSPS) is 12.2. The number of rotatable bonds is 6. The molecule has 90 valence electrons. The molecule has 1 aromatic heterocycles. The van der Waals surface area contributed by atoms with Crippen molar-refractivity contribution in [2.24, 2.45) is 5.84 Å². The number of nitrogen functional groups attached to an aromatic ring is 2. The molecule has 1 heterocycles. The van der Waals surface area contributed by atoms with Gasteiger partial charge in [-0.1, -0.05) is 6.92 Å². The van der Waals surface area contributed by atoms with Gasteiger partial charge in [-0.25, -0.2) is 5.84 Å². The first-order valence-corrected chi connectivity index (χ1v) is 6.26. The van der Waals surface area contributed by atoms with E-state index >= 15 is 0 Å². The van der Waals surface area contributed by atoms with Crippen LogP contribution in [-0.2, 0) is 0 Å². The Labute approximate surface area is 99.6 Å². The first kappa shape index (κ1) is 12.9. The number of aromatic nitrogens is 2. The summed E-state index contributed by atoms with van der Waals surface area (Å²) in [5, 5.41) is 3.24. The van der Waals surface area contributed by atoms with E-state index in [1.165, 1.54) is 0 Å². The van der Waals surface area contributed by atoms with Crippen LogP contribution >= 0.6 is 11.8 Å². The average molecular weight is 242 g/mol. The Bertz CT molecular complexity index is 332. The molecule has 0 spiro atoms. The quantitative estimate of drug-likeness (QED) is 0.434. The average Bonchev–Trinajstić information content (AvgIpc) is 2.25. The van der Waals surface area contributed by atoms with Gasteiger partial charge in [-0.3, -0.25) is 0 Å².